The fourth-order valence-corrected chi connectivity index (χ4v) is 3.65. The lowest BCUT2D eigenvalue weighted by molar-refractivity contribution is -0.126. The van der Waals surface area contributed by atoms with Crippen LogP contribution in [0.2, 0.25) is 0 Å². The summed E-state index contributed by atoms with van der Waals surface area (Å²) in [7, 11) is 0. The summed E-state index contributed by atoms with van der Waals surface area (Å²) in [5.74, 6) is 0.526. The van der Waals surface area contributed by atoms with Crippen LogP contribution in [-0.4, -0.2) is 29.2 Å². The molecule has 7 nitrogen and oxygen atoms in total. The molecule has 3 atom stereocenters. The first kappa shape index (κ1) is 12.7. The zero-order valence-corrected chi connectivity index (χ0v) is 11.7. The van der Waals surface area contributed by atoms with E-state index in [4.69, 9.17) is 19.9 Å². The molecule has 1 spiro atoms. The average Bonchev–Trinajstić information content (AvgIpc) is 3.08. The number of nitriles is 1. The van der Waals surface area contributed by atoms with Crippen molar-refractivity contribution in [2.24, 2.45) is 5.73 Å². The number of hydrogen-bond donors (Lipinski definition) is 2. The van der Waals surface area contributed by atoms with Crippen molar-refractivity contribution in [3.05, 3.63) is 22.7 Å². The van der Waals surface area contributed by atoms with E-state index < -0.39 is 11.7 Å². The summed E-state index contributed by atoms with van der Waals surface area (Å²) in [6, 6.07) is 2.21. The van der Waals surface area contributed by atoms with Crippen LogP contribution < -0.4 is 10.5 Å². The first-order chi connectivity index (χ1) is 10.2. The van der Waals surface area contributed by atoms with Crippen molar-refractivity contribution >= 4 is 0 Å². The van der Waals surface area contributed by atoms with Crippen LogP contribution in [0.1, 0.15) is 31.0 Å². The van der Waals surface area contributed by atoms with Crippen LogP contribution in [0.5, 0.6) is 5.88 Å². The molecule has 21 heavy (non-hydrogen) atoms. The number of H-pyrrole nitrogens is 1. The molecule has 2 bridgehead atoms. The number of nitrogens with two attached hydrogens (primary N) is 1. The topological polar surface area (TPSA) is 106 Å². The number of ether oxygens (including phenoxy) is 3. The van der Waals surface area contributed by atoms with Crippen LogP contribution in [0, 0.1) is 11.3 Å². The molecule has 0 aromatic carbocycles. The molecule has 1 aromatic rings. The van der Waals surface area contributed by atoms with Gasteiger partial charge in [0.05, 0.1) is 23.7 Å². The Morgan fingerprint density at radius 1 is 1.57 bits per heavy atom. The number of aromatic nitrogens is 2. The maximum atomic E-state index is 9.62. The summed E-state index contributed by atoms with van der Waals surface area (Å²) in [5.41, 5.74) is 7.43. The molecule has 0 aliphatic carbocycles. The Bertz CT molecular complexity index is 674. The molecule has 4 rings (SSSR count). The van der Waals surface area contributed by atoms with Gasteiger partial charge in [-0.25, -0.2) is 0 Å². The van der Waals surface area contributed by atoms with E-state index in [-0.39, 0.29) is 12.0 Å². The van der Waals surface area contributed by atoms with Crippen LogP contribution >= 0.6 is 0 Å². The number of aromatic amines is 1. The highest BCUT2D eigenvalue weighted by Gasteiger charge is 2.58. The van der Waals surface area contributed by atoms with Gasteiger partial charge in [-0.1, -0.05) is 6.92 Å². The third kappa shape index (κ3) is 1.46. The van der Waals surface area contributed by atoms with E-state index in [9.17, 15) is 5.26 Å². The van der Waals surface area contributed by atoms with E-state index in [1.54, 1.807) is 0 Å². The van der Waals surface area contributed by atoms with Crippen LogP contribution in [0.4, 0.5) is 0 Å². The van der Waals surface area contributed by atoms with Crippen molar-refractivity contribution in [2.75, 3.05) is 6.61 Å². The summed E-state index contributed by atoms with van der Waals surface area (Å²) < 4.78 is 17.3. The predicted molar refractivity (Wildman–Crippen MR) is 70.9 cm³/mol. The monoisotopic (exact) mass is 288 g/mol. The van der Waals surface area contributed by atoms with E-state index in [1.165, 1.54) is 0 Å². The summed E-state index contributed by atoms with van der Waals surface area (Å²) in [6.45, 7) is 2.58. The Morgan fingerprint density at radius 2 is 2.43 bits per heavy atom. The molecule has 110 valence electrons. The van der Waals surface area contributed by atoms with E-state index in [0.717, 1.165) is 30.5 Å². The van der Waals surface area contributed by atoms with Crippen molar-refractivity contribution in [2.45, 2.75) is 44.0 Å². The van der Waals surface area contributed by atoms with Gasteiger partial charge in [0.1, 0.15) is 11.6 Å². The van der Waals surface area contributed by atoms with Crippen LogP contribution in [0.15, 0.2) is 11.5 Å². The van der Waals surface area contributed by atoms with Gasteiger partial charge in [0.25, 0.3) is 0 Å². The molecule has 3 aliphatic heterocycles. The van der Waals surface area contributed by atoms with Gasteiger partial charge in [-0.05, 0) is 19.3 Å². The lowest BCUT2D eigenvalue weighted by Crippen LogP contribution is -2.48. The van der Waals surface area contributed by atoms with Crippen LogP contribution in [-0.2, 0) is 21.3 Å². The number of rotatable bonds is 1. The maximum absolute atomic E-state index is 9.62. The number of aryl methyl sites for hydroxylation is 1. The molecule has 2 fully saturated rings. The molecule has 2 saturated heterocycles. The van der Waals surface area contributed by atoms with Gasteiger partial charge >= 0.3 is 0 Å². The Kier molecular flexibility index (Phi) is 2.55. The Hall–Kier alpha value is -2.04. The van der Waals surface area contributed by atoms with Gasteiger partial charge in [0.2, 0.25) is 11.8 Å². The minimum atomic E-state index is -0.711. The lowest BCUT2D eigenvalue weighted by Gasteiger charge is -2.42. The molecular formula is C14H16N4O3. The summed E-state index contributed by atoms with van der Waals surface area (Å²) in [4.78, 5) is 0. The zero-order chi connectivity index (χ0) is 14.6. The van der Waals surface area contributed by atoms with Crippen LogP contribution in [0.25, 0.3) is 0 Å². The predicted octanol–water partition coefficient (Wildman–Crippen LogP) is 0.831. The van der Waals surface area contributed by atoms with Crippen molar-refractivity contribution in [1.29, 1.82) is 5.26 Å². The molecule has 3 unspecified atom stereocenters. The number of nitrogens with zero attached hydrogens (tertiary/aromatic N) is 2. The lowest BCUT2D eigenvalue weighted by atomic mass is 9.68. The van der Waals surface area contributed by atoms with Crippen molar-refractivity contribution in [1.82, 2.24) is 10.2 Å². The van der Waals surface area contributed by atoms with Gasteiger partial charge in [-0.3, -0.25) is 5.10 Å². The quantitative estimate of drug-likeness (QED) is 0.792. The van der Waals surface area contributed by atoms with Gasteiger partial charge in [-0.15, -0.1) is 5.10 Å². The second-order valence-corrected chi connectivity index (χ2v) is 5.62. The zero-order valence-electron chi connectivity index (χ0n) is 11.7. The molecule has 0 amide bonds. The van der Waals surface area contributed by atoms with Gasteiger partial charge in [0, 0.05) is 5.69 Å². The SMILES string of the molecule is CCc1[nH]nc2c1C1(CCC3COC1O3)C(C#N)=C(N)O2. The molecular weight excluding hydrogens is 272 g/mol. The van der Waals surface area contributed by atoms with E-state index >= 15 is 0 Å². The molecule has 1 aromatic heterocycles. The third-order valence-electron chi connectivity index (χ3n) is 4.63. The van der Waals surface area contributed by atoms with Crippen LogP contribution in [0.3, 0.4) is 0 Å². The molecule has 3 aliphatic rings. The maximum Gasteiger partial charge on any atom is 0.244 e. The van der Waals surface area contributed by atoms with Gasteiger partial charge in [-0.2, -0.15) is 5.26 Å². The highest BCUT2D eigenvalue weighted by Crippen LogP contribution is 2.54. The van der Waals surface area contributed by atoms with Gasteiger partial charge in [0.15, 0.2) is 6.29 Å². The fraction of sp³-hybridized carbons (Fsp3) is 0.571. The van der Waals surface area contributed by atoms with E-state index in [2.05, 4.69) is 16.3 Å². The first-order valence-electron chi connectivity index (χ1n) is 7.13. The minimum absolute atomic E-state index is 0.0942. The second-order valence-electron chi connectivity index (χ2n) is 5.62. The number of nitrogens with one attached hydrogen (secondary N) is 1. The molecule has 0 radical (unpaired) electrons. The van der Waals surface area contributed by atoms with Crippen molar-refractivity contribution < 1.29 is 14.2 Å². The molecule has 7 heteroatoms. The highest BCUT2D eigenvalue weighted by molar-refractivity contribution is 5.55. The summed E-state index contributed by atoms with van der Waals surface area (Å²) in [6.07, 6.45) is 1.92. The highest BCUT2D eigenvalue weighted by atomic mass is 16.7. The normalized spacial score (nSPS) is 33.7. The minimum Gasteiger partial charge on any atom is -0.420 e. The fourth-order valence-electron chi connectivity index (χ4n) is 3.65. The summed E-state index contributed by atoms with van der Waals surface area (Å²) in [5, 5.41) is 16.8. The second kappa shape index (κ2) is 4.23. The van der Waals surface area contributed by atoms with Crippen molar-refractivity contribution in [3.63, 3.8) is 0 Å². The molecule has 3 N–H and O–H groups in total. The smallest absolute Gasteiger partial charge is 0.244 e. The molecule has 4 heterocycles. The van der Waals surface area contributed by atoms with E-state index in [0.29, 0.717) is 18.1 Å². The average molecular weight is 288 g/mol. The van der Waals surface area contributed by atoms with Gasteiger partial charge < -0.3 is 19.9 Å². The Labute approximate surface area is 121 Å². The number of fused-ring (bicyclic) bond motifs is 5. The Morgan fingerprint density at radius 3 is 3.19 bits per heavy atom. The Balaban J connectivity index is 1.98. The largest absolute Gasteiger partial charge is 0.420 e. The van der Waals surface area contributed by atoms with Crippen molar-refractivity contribution in [3.8, 4) is 11.9 Å². The standard InChI is InChI=1S/C14H16N4O3/c1-2-9-10-12(18-17-9)21-11(16)8(5-15)14(10)4-3-7-6-19-13(14)20-7/h7,13H,2-4,6,16H2,1H3,(H,17,18). The third-order valence-corrected chi connectivity index (χ3v) is 4.63. The summed E-state index contributed by atoms with van der Waals surface area (Å²) >= 11 is 0. The first-order valence-corrected chi connectivity index (χ1v) is 7.13. The van der Waals surface area contributed by atoms with E-state index in [1.807, 2.05) is 6.92 Å². The number of hydrogen-bond acceptors (Lipinski definition) is 6. The molecule has 0 saturated carbocycles.